The fourth-order valence-electron chi connectivity index (χ4n) is 1.76. The van der Waals surface area contributed by atoms with E-state index in [9.17, 15) is 0 Å². The maximum atomic E-state index is 5.59. The van der Waals surface area contributed by atoms with E-state index in [4.69, 9.17) is 24.7 Å². The summed E-state index contributed by atoms with van der Waals surface area (Å²) >= 11 is 0. The van der Waals surface area contributed by atoms with Gasteiger partial charge in [-0.05, 0) is 37.1 Å². The molecule has 0 spiro atoms. The second-order valence-corrected chi connectivity index (χ2v) is 4.60. The molecule has 0 aliphatic rings. The Bertz CT molecular complexity index is 343. The SMILES string of the molecule is COCCCOCCOCCOc1ccc(CCN)cc1. The zero-order chi connectivity index (χ0) is 15.2. The van der Waals surface area contributed by atoms with Gasteiger partial charge in [-0.2, -0.15) is 0 Å². The summed E-state index contributed by atoms with van der Waals surface area (Å²) in [5.41, 5.74) is 6.73. The van der Waals surface area contributed by atoms with Gasteiger partial charge in [0.15, 0.2) is 0 Å². The molecule has 5 nitrogen and oxygen atoms in total. The third-order valence-corrected chi connectivity index (χ3v) is 2.86. The van der Waals surface area contributed by atoms with Gasteiger partial charge in [-0.1, -0.05) is 12.1 Å². The lowest BCUT2D eigenvalue weighted by atomic mass is 10.1. The molecule has 1 aromatic rings. The van der Waals surface area contributed by atoms with Crippen molar-refractivity contribution in [3.63, 3.8) is 0 Å². The van der Waals surface area contributed by atoms with Crippen LogP contribution in [0.15, 0.2) is 24.3 Å². The third-order valence-electron chi connectivity index (χ3n) is 2.86. The molecule has 0 atom stereocenters. The molecule has 21 heavy (non-hydrogen) atoms. The molecule has 0 heterocycles. The molecule has 2 N–H and O–H groups in total. The van der Waals surface area contributed by atoms with Crippen molar-refractivity contribution in [2.24, 2.45) is 5.73 Å². The summed E-state index contributed by atoms with van der Waals surface area (Å²) in [6.07, 6.45) is 1.81. The predicted molar refractivity (Wildman–Crippen MR) is 82.8 cm³/mol. The molecule has 0 aromatic heterocycles. The van der Waals surface area contributed by atoms with E-state index in [0.29, 0.717) is 39.6 Å². The van der Waals surface area contributed by atoms with Crippen molar-refractivity contribution in [2.75, 3.05) is 53.3 Å². The molecule has 0 aliphatic carbocycles. The van der Waals surface area contributed by atoms with Gasteiger partial charge in [0.25, 0.3) is 0 Å². The first-order valence-corrected chi connectivity index (χ1v) is 7.43. The fraction of sp³-hybridized carbons (Fsp3) is 0.625. The highest BCUT2D eigenvalue weighted by Gasteiger charge is 1.96. The lowest BCUT2D eigenvalue weighted by Gasteiger charge is -2.08. The molecule has 0 bridgehead atoms. The highest BCUT2D eigenvalue weighted by atomic mass is 16.5. The van der Waals surface area contributed by atoms with Gasteiger partial charge in [0.1, 0.15) is 12.4 Å². The molecule has 1 rings (SSSR count). The summed E-state index contributed by atoms with van der Waals surface area (Å²) in [6.45, 7) is 4.42. The van der Waals surface area contributed by atoms with Crippen molar-refractivity contribution in [1.82, 2.24) is 0 Å². The molecule has 0 saturated carbocycles. The highest BCUT2D eigenvalue weighted by Crippen LogP contribution is 2.12. The van der Waals surface area contributed by atoms with E-state index in [0.717, 1.165) is 25.2 Å². The second kappa shape index (κ2) is 12.6. The van der Waals surface area contributed by atoms with E-state index in [1.165, 1.54) is 5.56 Å². The largest absolute Gasteiger partial charge is 0.491 e. The lowest BCUT2D eigenvalue weighted by molar-refractivity contribution is 0.0304. The van der Waals surface area contributed by atoms with Gasteiger partial charge in [0, 0.05) is 20.3 Å². The quantitative estimate of drug-likeness (QED) is 0.561. The van der Waals surface area contributed by atoms with Crippen LogP contribution in [0.5, 0.6) is 5.75 Å². The fourth-order valence-corrected chi connectivity index (χ4v) is 1.76. The first-order valence-electron chi connectivity index (χ1n) is 7.43. The predicted octanol–water partition coefficient (Wildman–Crippen LogP) is 1.64. The van der Waals surface area contributed by atoms with Gasteiger partial charge < -0.3 is 24.7 Å². The van der Waals surface area contributed by atoms with Crippen LogP contribution in [0.4, 0.5) is 0 Å². The van der Waals surface area contributed by atoms with Crippen LogP contribution in [0.2, 0.25) is 0 Å². The van der Waals surface area contributed by atoms with Crippen molar-refractivity contribution in [1.29, 1.82) is 0 Å². The maximum Gasteiger partial charge on any atom is 0.119 e. The van der Waals surface area contributed by atoms with Gasteiger partial charge in [0.2, 0.25) is 0 Å². The minimum absolute atomic E-state index is 0.542. The molecule has 1 aromatic carbocycles. The van der Waals surface area contributed by atoms with E-state index in [-0.39, 0.29) is 0 Å². The highest BCUT2D eigenvalue weighted by molar-refractivity contribution is 5.27. The molecule has 0 saturated heterocycles. The second-order valence-electron chi connectivity index (χ2n) is 4.60. The van der Waals surface area contributed by atoms with Gasteiger partial charge in [-0.25, -0.2) is 0 Å². The van der Waals surface area contributed by atoms with Crippen molar-refractivity contribution < 1.29 is 18.9 Å². The Morgan fingerprint density at radius 1 is 0.857 bits per heavy atom. The summed E-state index contributed by atoms with van der Waals surface area (Å²) in [7, 11) is 1.69. The summed E-state index contributed by atoms with van der Waals surface area (Å²) < 4.78 is 21.3. The molecule has 0 amide bonds. The number of nitrogens with two attached hydrogens (primary N) is 1. The topological polar surface area (TPSA) is 62.9 Å². The van der Waals surface area contributed by atoms with E-state index in [1.807, 2.05) is 24.3 Å². The smallest absolute Gasteiger partial charge is 0.119 e. The van der Waals surface area contributed by atoms with Crippen LogP contribution in [-0.4, -0.2) is 53.3 Å². The summed E-state index contributed by atoms with van der Waals surface area (Å²) in [5, 5.41) is 0. The van der Waals surface area contributed by atoms with E-state index in [2.05, 4.69) is 0 Å². The first-order chi connectivity index (χ1) is 10.4. The molecule has 0 fully saturated rings. The molecule has 5 heteroatoms. The number of ether oxygens (including phenoxy) is 4. The normalized spacial score (nSPS) is 10.8. The molecule has 0 radical (unpaired) electrons. The molecule has 0 unspecified atom stereocenters. The number of hydrogen-bond donors (Lipinski definition) is 1. The number of methoxy groups -OCH3 is 1. The Labute approximate surface area is 127 Å². The average molecular weight is 297 g/mol. The Balaban J connectivity index is 1.94. The number of benzene rings is 1. The van der Waals surface area contributed by atoms with Crippen LogP contribution >= 0.6 is 0 Å². The van der Waals surface area contributed by atoms with Crippen LogP contribution in [-0.2, 0) is 20.6 Å². The van der Waals surface area contributed by atoms with Crippen LogP contribution in [0.1, 0.15) is 12.0 Å². The monoisotopic (exact) mass is 297 g/mol. The zero-order valence-corrected chi connectivity index (χ0v) is 12.9. The Kier molecular flexibility index (Phi) is 10.7. The van der Waals surface area contributed by atoms with Crippen molar-refractivity contribution in [3.8, 4) is 5.75 Å². The number of rotatable bonds is 13. The summed E-state index contributed by atoms with van der Waals surface area (Å²) in [6, 6.07) is 8.00. The Morgan fingerprint density at radius 3 is 2.19 bits per heavy atom. The Morgan fingerprint density at radius 2 is 1.52 bits per heavy atom. The van der Waals surface area contributed by atoms with E-state index < -0.39 is 0 Å². The summed E-state index contributed by atoms with van der Waals surface area (Å²) in [5.74, 6) is 0.857. The molecular weight excluding hydrogens is 270 g/mol. The van der Waals surface area contributed by atoms with Gasteiger partial charge in [-0.3, -0.25) is 0 Å². The maximum absolute atomic E-state index is 5.59. The van der Waals surface area contributed by atoms with Crippen molar-refractivity contribution in [2.45, 2.75) is 12.8 Å². The van der Waals surface area contributed by atoms with E-state index >= 15 is 0 Å². The minimum atomic E-state index is 0.542. The lowest BCUT2D eigenvalue weighted by Crippen LogP contribution is -2.11. The molecule has 0 aliphatic heterocycles. The van der Waals surface area contributed by atoms with Crippen LogP contribution < -0.4 is 10.5 Å². The third kappa shape index (κ3) is 9.42. The molecule has 120 valence electrons. The van der Waals surface area contributed by atoms with Crippen LogP contribution in [0, 0.1) is 0 Å². The summed E-state index contributed by atoms with van der Waals surface area (Å²) in [4.78, 5) is 0. The van der Waals surface area contributed by atoms with Crippen LogP contribution in [0.3, 0.4) is 0 Å². The average Bonchev–Trinajstić information content (AvgIpc) is 2.51. The van der Waals surface area contributed by atoms with Gasteiger partial charge in [-0.15, -0.1) is 0 Å². The Hall–Kier alpha value is -1.14. The van der Waals surface area contributed by atoms with Gasteiger partial charge >= 0.3 is 0 Å². The van der Waals surface area contributed by atoms with Gasteiger partial charge in [0.05, 0.1) is 19.8 Å². The van der Waals surface area contributed by atoms with Crippen molar-refractivity contribution in [3.05, 3.63) is 29.8 Å². The van der Waals surface area contributed by atoms with E-state index in [1.54, 1.807) is 7.11 Å². The molecular formula is C16H27NO4. The van der Waals surface area contributed by atoms with Crippen LogP contribution in [0.25, 0.3) is 0 Å². The first kappa shape index (κ1) is 17.9. The number of hydrogen-bond acceptors (Lipinski definition) is 5. The van der Waals surface area contributed by atoms with Crippen molar-refractivity contribution >= 4 is 0 Å². The standard InChI is InChI=1S/C16H27NO4/c1-18-9-2-10-19-11-12-20-13-14-21-16-5-3-15(4-6-16)7-8-17/h3-6H,2,7-14,17H2,1H3. The zero-order valence-electron chi connectivity index (χ0n) is 12.9. The minimum Gasteiger partial charge on any atom is -0.491 e.